The predicted octanol–water partition coefficient (Wildman–Crippen LogP) is 2.36. The molecular formula is C9H14N2. The number of hydrogen-bond donors (Lipinski definition) is 0. The molecule has 0 aliphatic rings. The Labute approximate surface area is 67.6 Å². The van der Waals surface area contributed by atoms with Gasteiger partial charge in [0.1, 0.15) is 5.82 Å². The van der Waals surface area contributed by atoms with Crippen molar-refractivity contribution >= 4 is 12.0 Å². The maximum Gasteiger partial charge on any atom is 0.135 e. The first-order valence-electron chi connectivity index (χ1n) is 3.78. The van der Waals surface area contributed by atoms with Gasteiger partial charge in [0, 0.05) is 19.5 Å². The Morgan fingerprint density at radius 1 is 1.45 bits per heavy atom. The van der Waals surface area contributed by atoms with Gasteiger partial charge in [0.05, 0.1) is 0 Å². The molecule has 0 aromatic carbocycles. The maximum absolute atomic E-state index is 4.26. The monoisotopic (exact) mass is 150 g/mol. The molecule has 0 spiro atoms. The zero-order valence-corrected chi connectivity index (χ0v) is 7.55. The lowest BCUT2D eigenvalue weighted by molar-refractivity contribution is 0.921. The molecule has 60 valence electrons. The van der Waals surface area contributed by atoms with Gasteiger partial charge in [0.15, 0.2) is 0 Å². The number of rotatable bonds is 1. The topological polar surface area (TPSA) is 17.3 Å². The van der Waals surface area contributed by atoms with Crippen molar-refractivity contribution in [2.75, 3.05) is 0 Å². The van der Waals surface area contributed by atoms with E-state index in [0.717, 1.165) is 5.82 Å². The average molecular weight is 150 g/mol. The molecular weight excluding hydrogens is 136 g/mol. The zero-order valence-electron chi connectivity index (χ0n) is 7.55. The summed E-state index contributed by atoms with van der Waals surface area (Å²) in [5.41, 5.74) is 2.57. The van der Waals surface area contributed by atoms with E-state index in [-0.39, 0.29) is 0 Å². The van der Waals surface area contributed by atoms with Gasteiger partial charge in [0.2, 0.25) is 0 Å². The molecule has 1 heterocycles. The van der Waals surface area contributed by atoms with Gasteiger partial charge in [-0.15, -0.1) is 0 Å². The summed E-state index contributed by atoms with van der Waals surface area (Å²) in [5.74, 6) is 1.06. The van der Waals surface area contributed by atoms with E-state index < -0.39 is 0 Å². The Bertz CT molecular complexity index is 282. The van der Waals surface area contributed by atoms with Crippen LogP contribution in [0, 0.1) is 13.8 Å². The fourth-order valence-electron chi connectivity index (χ4n) is 1.20. The van der Waals surface area contributed by atoms with E-state index in [9.17, 15) is 0 Å². The Morgan fingerprint density at radius 3 is 2.45 bits per heavy atom. The van der Waals surface area contributed by atoms with Crippen molar-refractivity contribution in [3.63, 3.8) is 0 Å². The average Bonchev–Trinajstić information content (AvgIpc) is 2.17. The smallest absolute Gasteiger partial charge is 0.135 e. The first-order valence-corrected chi connectivity index (χ1v) is 3.78. The maximum atomic E-state index is 4.26. The van der Waals surface area contributed by atoms with Gasteiger partial charge in [-0.2, -0.15) is 0 Å². The molecule has 0 radical (unpaired) electrons. The van der Waals surface area contributed by atoms with Crippen LogP contribution in [0.2, 0.25) is 0 Å². The van der Waals surface area contributed by atoms with Crippen LogP contribution >= 0.6 is 0 Å². The molecule has 0 aliphatic heterocycles. The highest BCUT2D eigenvalue weighted by Crippen LogP contribution is 2.22. The van der Waals surface area contributed by atoms with Gasteiger partial charge >= 0.3 is 0 Å². The number of hydrogen-bond acceptors (Lipinski definition) is 1. The minimum atomic E-state index is 1.06. The van der Waals surface area contributed by atoms with Crippen molar-refractivity contribution < 1.29 is 0 Å². The highest BCUT2D eigenvalue weighted by molar-refractivity contribution is 5.61. The molecule has 0 N–H and O–H groups in total. The molecule has 2 heteroatoms. The summed E-state index contributed by atoms with van der Waals surface area (Å²) in [6.07, 6.45) is 3.92. The summed E-state index contributed by atoms with van der Waals surface area (Å²) >= 11 is 0. The molecule has 0 saturated heterocycles. The Morgan fingerprint density at radius 2 is 2.09 bits per heavy atom. The largest absolute Gasteiger partial charge is 0.336 e. The third-order valence-electron chi connectivity index (χ3n) is 1.90. The second-order valence-corrected chi connectivity index (χ2v) is 2.76. The van der Waals surface area contributed by atoms with Gasteiger partial charge in [0.25, 0.3) is 0 Å². The van der Waals surface area contributed by atoms with Crippen LogP contribution in [0.25, 0.3) is 0 Å². The van der Waals surface area contributed by atoms with Crippen molar-refractivity contribution in [2.45, 2.75) is 20.8 Å². The highest BCUT2D eigenvalue weighted by atomic mass is 15.0. The van der Waals surface area contributed by atoms with E-state index in [1.807, 2.05) is 24.8 Å². The van der Waals surface area contributed by atoms with Gasteiger partial charge in [-0.05, 0) is 31.9 Å². The summed E-state index contributed by atoms with van der Waals surface area (Å²) in [6.45, 7) is 6.13. The fourth-order valence-corrected chi connectivity index (χ4v) is 1.20. The fraction of sp³-hybridized carbons (Fsp3) is 0.444. The van der Waals surface area contributed by atoms with E-state index in [1.54, 1.807) is 0 Å². The summed E-state index contributed by atoms with van der Waals surface area (Å²) in [6, 6.07) is 0. The standard InChI is InChI=1S/C9H14N2/c1-5-10-9-8(3)7(2)6-11(9)4/h5-6H,1-4H3. The number of aliphatic imine (C=N–C) groups is 1. The highest BCUT2D eigenvalue weighted by Gasteiger charge is 2.03. The molecule has 0 amide bonds. The van der Waals surface area contributed by atoms with E-state index in [1.165, 1.54) is 11.1 Å². The molecule has 11 heavy (non-hydrogen) atoms. The number of nitrogens with zero attached hydrogens (tertiary/aromatic N) is 2. The van der Waals surface area contributed by atoms with Gasteiger partial charge in [-0.1, -0.05) is 0 Å². The van der Waals surface area contributed by atoms with E-state index >= 15 is 0 Å². The zero-order chi connectivity index (χ0) is 8.43. The minimum Gasteiger partial charge on any atom is -0.336 e. The quantitative estimate of drug-likeness (QED) is 0.547. The molecule has 1 rings (SSSR count). The van der Waals surface area contributed by atoms with Crippen LogP contribution in [0.1, 0.15) is 18.1 Å². The number of aromatic nitrogens is 1. The van der Waals surface area contributed by atoms with Crippen molar-refractivity contribution in [2.24, 2.45) is 12.0 Å². The summed E-state index contributed by atoms with van der Waals surface area (Å²) in [4.78, 5) is 4.26. The first-order chi connectivity index (χ1) is 5.16. The molecule has 0 fully saturated rings. The predicted molar refractivity (Wildman–Crippen MR) is 48.7 cm³/mol. The molecule has 0 aliphatic carbocycles. The van der Waals surface area contributed by atoms with Gasteiger partial charge in [-0.3, -0.25) is 0 Å². The second-order valence-electron chi connectivity index (χ2n) is 2.76. The lowest BCUT2D eigenvalue weighted by Crippen LogP contribution is -1.82. The minimum absolute atomic E-state index is 1.06. The lowest BCUT2D eigenvalue weighted by Gasteiger charge is -1.95. The van der Waals surface area contributed by atoms with E-state index in [2.05, 4.69) is 25.0 Å². The second kappa shape index (κ2) is 2.91. The SMILES string of the molecule is CC=Nc1c(C)c(C)cn1C. The van der Waals surface area contributed by atoms with E-state index in [0.29, 0.717) is 0 Å². The first kappa shape index (κ1) is 8.05. The van der Waals surface area contributed by atoms with Crippen molar-refractivity contribution in [3.8, 4) is 0 Å². The molecule has 0 bridgehead atoms. The molecule has 0 unspecified atom stereocenters. The van der Waals surface area contributed by atoms with Crippen molar-refractivity contribution in [3.05, 3.63) is 17.3 Å². The van der Waals surface area contributed by atoms with Crippen LogP contribution in [0.4, 0.5) is 5.82 Å². The van der Waals surface area contributed by atoms with Crippen LogP contribution < -0.4 is 0 Å². The molecule has 2 nitrogen and oxygen atoms in total. The number of aryl methyl sites for hydroxylation is 2. The lowest BCUT2D eigenvalue weighted by atomic mass is 10.2. The summed E-state index contributed by atoms with van der Waals surface area (Å²) < 4.78 is 2.05. The van der Waals surface area contributed by atoms with Crippen molar-refractivity contribution in [1.29, 1.82) is 0 Å². The van der Waals surface area contributed by atoms with Crippen LogP contribution in [0.15, 0.2) is 11.2 Å². The third-order valence-corrected chi connectivity index (χ3v) is 1.90. The Kier molecular flexibility index (Phi) is 2.13. The van der Waals surface area contributed by atoms with Crippen LogP contribution in [-0.4, -0.2) is 10.8 Å². The molecule has 0 saturated carbocycles. The van der Waals surface area contributed by atoms with E-state index in [4.69, 9.17) is 0 Å². The van der Waals surface area contributed by atoms with Gasteiger partial charge < -0.3 is 4.57 Å². The third kappa shape index (κ3) is 1.34. The molecule has 0 atom stereocenters. The Balaban J connectivity index is 3.22. The van der Waals surface area contributed by atoms with Crippen LogP contribution in [0.3, 0.4) is 0 Å². The Hall–Kier alpha value is -1.05. The van der Waals surface area contributed by atoms with Crippen LogP contribution in [0.5, 0.6) is 0 Å². The summed E-state index contributed by atoms with van der Waals surface area (Å²) in [5, 5.41) is 0. The van der Waals surface area contributed by atoms with Gasteiger partial charge in [-0.25, -0.2) is 4.99 Å². The van der Waals surface area contributed by atoms with Crippen LogP contribution in [-0.2, 0) is 7.05 Å². The molecule has 1 aromatic rings. The van der Waals surface area contributed by atoms with Crippen molar-refractivity contribution in [1.82, 2.24) is 4.57 Å². The normalized spacial score (nSPS) is 11.3. The molecule has 1 aromatic heterocycles. The summed E-state index contributed by atoms with van der Waals surface area (Å²) in [7, 11) is 2.02.